The summed E-state index contributed by atoms with van der Waals surface area (Å²) in [7, 11) is 1.90. The molecule has 0 aliphatic carbocycles. The average Bonchev–Trinajstić information content (AvgIpc) is 2.58. The van der Waals surface area contributed by atoms with Gasteiger partial charge in [0.25, 0.3) is 0 Å². The minimum absolute atomic E-state index is 0.250. The predicted octanol–water partition coefficient (Wildman–Crippen LogP) is 3.25. The maximum absolute atomic E-state index is 8.58. The SMILES string of the molecule is Cc1cccc(-c2ccccc2-c2ccc(=N)n(C)c2)c1.NC=O. The van der Waals surface area contributed by atoms with Crippen LogP contribution in [0.15, 0.2) is 66.9 Å². The summed E-state index contributed by atoms with van der Waals surface area (Å²) in [4.78, 5) is 8.58. The van der Waals surface area contributed by atoms with Gasteiger partial charge in [0.2, 0.25) is 6.41 Å². The minimum Gasteiger partial charge on any atom is -0.372 e. The van der Waals surface area contributed by atoms with Crippen molar-refractivity contribution in [1.82, 2.24) is 4.57 Å². The Morgan fingerprint density at radius 3 is 2.17 bits per heavy atom. The van der Waals surface area contributed by atoms with Gasteiger partial charge in [0.15, 0.2) is 0 Å². The summed E-state index contributed by atoms with van der Waals surface area (Å²) in [6.45, 7) is 2.11. The number of carbonyl (C=O) groups is 1. The molecule has 4 heteroatoms. The molecule has 0 radical (unpaired) electrons. The monoisotopic (exact) mass is 319 g/mol. The number of hydrogen-bond donors (Lipinski definition) is 2. The van der Waals surface area contributed by atoms with Crippen molar-refractivity contribution in [2.45, 2.75) is 6.92 Å². The Morgan fingerprint density at radius 1 is 0.958 bits per heavy atom. The molecule has 0 aliphatic heterocycles. The van der Waals surface area contributed by atoms with Gasteiger partial charge < -0.3 is 10.3 Å². The van der Waals surface area contributed by atoms with Crippen molar-refractivity contribution in [3.63, 3.8) is 0 Å². The number of aryl methyl sites for hydroxylation is 2. The molecule has 0 fully saturated rings. The van der Waals surface area contributed by atoms with Crippen LogP contribution in [-0.2, 0) is 11.8 Å². The van der Waals surface area contributed by atoms with Crippen molar-refractivity contribution in [2.75, 3.05) is 0 Å². The summed E-state index contributed by atoms with van der Waals surface area (Å²) < 4.78 is 1.84. The van der Waals surface area contributed by atoms with E-state index in [-0.39, 0.29) is 6.41 Å². The zero-order chi connectivity index (χ0) is 17.5. The van der Waals surface area contributed by atoms with Gasteiger partial charge in [0, 0.05) is 13.2 Å². The lowest BCUT2D eigenvalue weighted by atomic mass is 9.95. The van der Waals surface area contributed by atoms with Crippen LogP contribution in [0.3, 0.4) is 0 Å². The molecule has 4 nitrogen and oxygen atoms in total. The molecule has 2 aromatic carbocycles. The van der Waals surface area contributed by atoms with Crippen molar-refractivity contribution >= 4 is 6.41 Å². The Balaban J connectivity index is 0.000000647. The third-order valence-corrected chi connectivity index (χ3v) is 3.70. The number of amides is 1. The highest BCUT2D eigenvalue weighted by molar-refractivity contribution is 5.83. The zero-order valence-electron chi connectivity index (χ0n) is 13.9. The Kier molecular flexibility index (Phi) is 5.68. The Morgan fingerprint density at radius 2 is 1.58 bits per heavy atom. The van der Waals surface area contributed by atoms with Gasteiger partial charge >= 0.3 is 0 Å². The summed E-state index contributed by atoms with van der Waals surface area (Å²) in [5, 5.41) is 7.79. The number of carbonyl (C=O) groups excluding carboxylic acids is 1. The van der Waals surface area contributed by atoms with Gasteiger partial charge in [0.1, 0.15) is 5.49 Å². The van der Waals surface area contributed by atoms with Crippen molar-refractivity contribution in [3.8, 4) is 22.3 Å². The molecule has 1 amide bonds. The van der Waals surface area contributed by atoms with E-state index in [0.717, 1.165) is 5.56 Å². The van der Waals surface area contributed by atoms with Crippen LogP contribution in [0.4, 0.5) is 0 Å². The third-order valence-electron chi connectivity index (χ3n) is 3.70. The maximum Gasteiger partial charge on any atom is 0.204 e. The summed E-state index contributed by atoms with van der Waals surface area (Å²) in [6, 6.07) is 20.8. The quantitative estimate of drug-likeness (QED) is 0.699. The van der Waals surface area contributed by atoms with Gasteiger partial charge in [-0.15, -0.1) is 0 Å². The fraction of sp³-hybridized carbons (Fsp3) is 0.100. The highest BCUT2D eigenvalue weighted by Gasteiger charge is 2.07. The van der Waals surface area contributed by atoms with Crippen LogP contribution in [0.1, 0.15) is 5.56 Å². The fourth-order valence-corrected chi connectivity index (χ4v) is 2.57. The zero-order valence-corrected chi connectivity index (χ0v) is 13.9. The molecule has 1 heterocycles. The number of hydrogen-bond acceptors (Lipinski definition) is 2. The Hall–Kier alpha value is -3.14. The molecule has 0 atom stereocenters. The van der Waals surface area contributed by atoms with Gasteiger partial charge in [-0.2, -0.15) is 0 Å². The third kappa shape index (κ3) is 3.98. The first-order valence-electron chi connectivity index (χ1n) is 7.60. The molecule has 0 unspecified atom stereocenters. The van der Waals surface area contributed by atoms with Gasteiger partial charge in [-0.3, -0.25) is 10.2 Å². The van der Waals surface area contributed by atoms with Crippen LogP contribution in [-0.4, -0.2) is 11.0 Å². The van der Waals surface area contributed by atoms with Crippen LogP contribution < -0.4 is 11.2 Å². The van der Waals surface area contributed by atoms with Crippen molar-refractivity contribution in [2.24, 2.45) is 12.8 Å². The second-order valence-electron chi connectivity index (χ2n) is 5.47. The van der Waals surface area contributed by atoms with Crippen LogP contribution >= 0.6 is 0 Å². The molecule has 24 heavy (non-hydrogen) atoms. The molecule has 1 aromatic heterocycles. The molecular weight excluding hydrogens is 298 g/mol. The van der Waals surface area contributed by atoms with E-state index in [9.17, 15) is 0 Å². The minimum atomic E-state index is 0.250. The number of aromatic nitrogens is 1. The molecule has 3 aromatic rings. The first-order chi connectivity index (χ1) is 11.6. The predicted molar refractivity (Wildman–Crippen MR) is 97.1 cm³/mol. The van der Waals surface area contributed by atoms with Crippen molar-refractivity contribution in [3.05, 3.63) is 77.9 Å². The number of benzene rings is 2. The van der Waals surface area contributed by atoms with Crippen LogP contribution in [0.25, 0.3) is 22.3 Å². The van der Waals surface area contributed by atoms with Gasteiger partial charge in [-0.1, -0.05) is 54.1 Å². The van der Waals surface area contributed by atoms with E-state index in [1.165, 1.54) is 22.3 Å². The molecule has 0 aliphatic rings. The average molecular weight is 319 g/mol. The molecular formula is C20H21N3O. The van der Waals surface area contributed by atoms with Crippen molar-refractivity contribution < 1.29 is 4.79 Å². The van der Waals surface area contributed by atoms with E-state index in [1.54, 1.807) is 0 Å². The summed E-state index contributed by atoms with van der Waals surface area (Å²) in [5.74, 6) is 0. The smallest absolute Gasteiger partial charge is 0.204 e. The number of nitrogens with two attached hydrogens (primary N) is 1. The molecule has 122 valence electrons. The summed E-state index contributed by atoms with van der Waals surface area (Å²) in [5.41, 5.74) is 10.7. The number of primary amides is 1. The number of nitrogens with one attached hydrogen (secondary N) is 1. The number of nitrogens with zero attached hydrogens (tertiary/aromatic N) is 1. The standard InChI is InChI=1S/C19H18N2.CH3NO/c1-14-6-5-7-15(12-14)17-8-3-4-9-18(17)16-10-11-19(20)21(2)13-16;2-1-3/h3-13,20H,1-2H3;1H,(H2,2,3). The van der Waals surface area contributed by atoms with E-state index >= 15 is 0 Å². The lowest BCUT2D eigenvalue weighted by Crippen LogP contribution is -2.14. The molecule has 0 saturated heterocycles. The van der Waals surface area contributed by atoms with Gasteiger partial charge in [0.05, 0.1) is 0 Å². The van der Waals surface area contributed by atoms with Crippen LogP contribution in [0.2, 0.25) is 0 Å². The normalized spacial score (nSPS) is 9.75. The van der Waals surface area contributed by atoms with E-state index in [2.05, 4.69) is 61.2 Å². The van der Waals surface area contributed by atoms with Crippen molar-refractivity contribution in [1.29, 1.82) is 5.41 Å². The summed E-state index contributed by atoms with van der Waals surface area (Å²) >= 11 is 0. The number of pyridine rings is 1. The topological polar surface area (TPSA) is 71.9 Å². The first kappa shape index (κ1) is 17.2. The highest BCUT2D eigenvalue weighted by atomic mass is 16.1. The molecule has 3 N–H and O–H groups in total. The van der Waals surface area contributed by atoms with Crippen LogP contribution in [0, 0.1) is 12.3 Å². The van der Waals surface area contributed by atoms with Gasteiger partial charge in [-0.05, 0) is 41.3 Å². The van der Waals surface area contributed by atoms with E-state index < -0.39 is 0 Å². The molecule has 0 bridgehead atoms. The van der Waals surface area contributed by atoms with E-state index in [4.69, 9.17) is 10.2 Å². The number of rotatable bonds is 2. The Bertz CT molecular complexity index is 897. The first-order valence-corrected chi connectivity index (χ1v) is 7.60. The second-order valence-corrected chi connectivity index (χ2v) is 5.47. The lowest BCUT2D eigenvalue weighted by molar-refractivity contribution is -0.106. The highest BCUT2D eigenvalue weighted by Crippen LogP contribution is 2.31. The maximum atomic E-state index is 8.58. The molecule has 3 rings (SSSR count). The fourth-order valence-electron chi connectivity index (χ4n) is 2.57. The lowest BCUT2D eigenvalue weighted by Gasteiger charge is -2.12. The van der Waals surface area contributed by atoms with E-state index in [0.29, 0.717) is 5.49 Å². The second kappa shape index (κ2) is 7.92. The molecule has 0 spiro atoms. The van der Waals surface area contributed by atoms with Gasteiger partial charge in [-0.25, -0.2) is 0 Å². The molecule has 0 saturated carbocycles. The largest absolute Gasteiger partial charge is 0.372 e. The Labute approximate surface area is 141 Å². The summed E-state index contributed by atoms with van der Waals surface area (Å²) in [6.07, 6.45) is 2.26. The van der Waals surface area contributed by atoms with Crippen LogP contribution in [0.5, 0.6) is 0 Å². The van der Waals surface area contributed by atoms with E-state index in [1.807, 2.05) is 29.9 Å².